The Morgan fingerprint density at radius 1 is 1.64 bits per heavy atom. The molecule has 1 saturated heterocycles. The van der Waals surface area contributed by atoms with Crippen molar-refractivity contribution in [3.8, 4) is 0 Å². The van der Waals surface area contributed by atoms with Crippen molar-refractivity contribution in [1.29, 1.82) is 0 Å². The zero-order chi connectivity index (χ0) is 10.7. The van der Waals surface area contributed by atoms with Crippen molar-refractivity contribution in [2.24, 2.45) is 0 Å². The van der Waals surface area contributed by atoms with E-state index in [0.717, 1.165) is 24.4 Å². The standard InChI is InChI=1S/C8H17BN2O2S/c1-6(9(12)13)11(2)8(14)7-4-3-5-10-7/h6-7,10,12-13H,3-5H2,1-2H3/t6-,7?/m0/s1. The average molecular weight is 216 g/mol. The summed E-state index contributed by atoms with van der Waals surface area (Å²) >= 11 is 5.27. The van der Waals surface area contributed by atoms with Crippen molar-refractivity contribution in [2.45, 2.75) is 31.7 Å². The van der Waals surface area contributed by atoms with E-state index in [1.165, 1.54) is 0 Å². The van der Waals surface area contributed by atoms with Crippen LogP contribution >= 0.6 is 12.2 Å². The zero-order valence-corrected chi connectivity index (χ0v) is 9.42. The molecule has 0 aliphatic carbocycles. The molecular formula is C8H17BN2O2S. The molecule has 1 aliphatic rings. The lowest BCUT2D eigenvalue weighted by Crippen LogP contribution is -2.50. The second kappa shape index (κ2) is 5.07. The van der Waals surface area contributed by atoms with Gasteiger partial charge in [0.15, 0.2) is 0 Å². The van der Waals surface area contributed by atoms with E-state index in [2.05, 4.69) is 5.32 Å². The lowest BCUT2D eigenvalue weighted by molar-refractivity contribution is 0.332. The number of thiocarbonyl (C=S) groups is 1. The van der Waals surface area contributed by atoms with E-state index in [-0.39, 0.29) is 12.0 Å². The molecule has 0 aromatic heterocycles. The third-order valence-corrected chi connectivity index (χ3v) is 3.32. The monoisotopic (exact) mass is 216 g/mol. The largest absolute Gasteiger partial charge is 0.475 e. The molecule has 1 rings (SSSR count). The summed E-state index contributed by atoms with van der Waals surface area (Å²) in [4.78, 5) is 2.52. The van der Waals surface area contributed by atoms with Crippen LogP contribution in [-0.4, -0.2) is 52.6 Å². The van der Waals surface area contributed by atoms with Gasteiger partial charge in [-0.2, -0.15) is 0 Å². The van der Waals surface area contributed by atoms with Gasteiger partial charge in [-0.25, -0.2) is 0 Å². The summed E-state index contributed by atoms with van der Waals surface area (Å²) in [5.41, 5.74) is 0. The van der Waals surface area contributed by atoms with Gasteiger partial charge in [-0.1, -0.05) is 12.2 Å². The molecule has 4 nitrogen and oxygen atoms in total. The summed E-state index contributed by atoms with van der Waals surface area (Å²) in [6.07, 6.45) is 2.17. The van der Waals surface area contributed by atoms with Crippen molar-refractivity contribution in [3.63, 3.8) is 0 Å². The SMILES string of the molecule is C[C@@H](B(O)O)N(C)C(=S)C1CCCN1. The summed E-state index contributed by atoms with van der Waals surface area (Å²) in [5.74, 6) is -0.357. The number of rotatable bonds is 3. The molecule has 0 radical (unpaired) electrons. The molecule has 0 aromatic rings. The number of hydrogen-bond donors (Lipinski definition) is 3. The molecule has 0 saturated carbocycles. The van der Waals surface area contributed by atoms with Crippen LogP contribution in [0.4, 0.5) is 0 Å². The van der Waals surface area contributed by atoms with Crippen LogP contribution in [0.5, 0.6) is 0 Å². The second-order valence-electron chi connectivity index (χ2n) is 3.75. The van der Waals surface area contributed by atoms with Crippen LogP contribution in [0.1, 0.15) is 19.8 Å². The smallest absolute Gasteiger partial charge is 0.426 e. The number of likely N-dealkylation sites (N-methyl/N-ethyl adjacent to an activating group) is 1. The van der Waals surface area contributed by atoms with Gasteiger partial charge in [0.25, 0.3) is 0 Å². The van der Waals surface area contributed by atoms with Gasteiger partial charge in [0.2, 0.25) is 0 Å². The Morgan fingerprint density at radius 3 is 2.71 bits per heavy atom. The minimum atomic E-state index is -1.35. The quantitative estimate of drug-likeness (QED) is 0.434. The van der Waals surface area contributed by atoms with E-state index in [0.29, 0.717) is 0 Å². The maximum atomic E-state index is 9.02. The molecule has 6 heteroatoms. The molecule has 1 heterocycles. The Kier molecular flexibility index (Phi) is 4.31. The van der Waals surface area contributed by atoms with Crippen molar-refractivity contribution in [1.82, 2.24) is 10.2 Å². The molecule has 0 amide bonds. The average Bonchev–Trinajstić information content (AvgIpc) is 2.67. The minimum Gasteiger partial charge on any atom is -0.426 e. The highest BCUT2D eigenvalue weighted by atomic mass is 32.1. The highest BCUT2D eigenvalue weighted by Crippen LogP contribution is 2.11. The topological polar surface area (TPSA) is 55.7 Å². The molecular weight excluding hydrogens is 199 g/mol. The molecule has 80 valence electrons. The summed E-state index contributed by atoms with van der Waals surface area (Å²) in [6, 6.07) is 0.219. The Balaban J connectivity index is 2.50. The first-order chi connectivity index (χ1) is 6.54. The number of hydrogen-bond acceptors (Lipinski definition) is 4. The maximum Gasteiger partial charge on any atom is 0.475 e. The van der Waals surface area contributed by atoms with Gasteiger partial charge in [0.1, 0.15) is 0 Å². The van der Waals surface area contributed by atoms with Crippen molar-refractivity contribution >= 4 is 24.3 Å². The van der Waals surface area contributed by atoms with Gasteiger partial charge in [0, 0.05) is 7.05 Å². The second-order valence-corrected chi connectivity index (χ2v) is 4.17. The first-order valence-corrected chi connectivity index (χ1v) is 5.31. The van der Waals surface area contributed by atoms with Crippen molar-refractivity contribution < 1.29 is 10.0 Å². The Morgan fingerprint density at radius 2 is 2.29 bits per heavy atom. The van der Waals surface area contributed by atoms with E-state index in [1.54, 1.807) is 18.9 Å². The van der Waals surface area contributed by atoms with E-state index in [1.807, 2.05) is 0 Å². The minimum absolute atomic E-state index is 0.219. The van der Waals surface area contributed by atoms with Crippen LogP contribution in [0.2, 0.25) is 0 Å². The molecule has 1 unspecified atom stereocenters. The molecule has 2 atom stereocenters. The molecule has 3 N–H and O–H groups in total. The summed E-state index contributed by atoms with van der Waals surface area (Å²) in [7, 11) is 0.450. The van der Waals surface area contributed by atoms with Crippen LogP contribution in [0.25, 0.3) is 0 Å². The predicted octanol–water partition coefficient (Wildman–Crippen LogP) is -0.602. The van der Waals surface area contributed by atoms with Crippen molar-refractivity contribution in [3.05, 3.63) is 0 Å². The summed E-state index contributed by atoms with van der Waals surface area (Å²) in [6.45, 7) is 2.74. The van der Waals surface area contributed by atoms with Gasteiger partial charge in [0.05, 0.1) is 17.0 Å². The van der Waals surface area contributed by atoms with Crippen LogP contribution in [0.15, 0.2) is 0 Å². The fourth-order valence-corrected chi connectivity index (χ4v) is 1.91. The third kappa shape index (κ3) is 2.66. The summed E-state index contributed by atoms with van der Waals surface area (Å²) < 4.78 is 0. The maximum absolute atomic E-state index is 9.02. The van der Waals surface area contributed by atoms with Gasteiger partial charge in [-0.05, 0) is 26.3 Å². The fraction of sp³-hybridized carbons (Fsp3) is 0.875. The van der Waals surface area contributed by atoms with E-state index >= 15 is 0 Å². The van der Waals surface area contributed by atoms with Crippen LogP contribution < -0.4 is 5.32 Å². The third-order valence-electron chi connectivity index (χ3n) is 2.75. The highest BCUT2D eigenvalue weighted by molar-refractivity contribution is 7.80. The molecule has 14 heavy (non-hydrogen) atoms. The lowest BCUT2D eigenvalue weighted by atomic mass is 9.80. The zero-order valence-electron chi connectivity index (χ0n) is 8.60. The molecule has 0 bridgehead atoms. The van der Waals surface area contributed by atoms with E-state index in [4.69, 9.17) is 22.3 Å². The Hall–Kier alpha value is -0.165. The van der Waals surface area contributed by atoms with Crippen LogP contribution in [0.3, 0.4) is 0 Å². The van der Waals surface area contributed by atoms with Gasteiger partial charge in [-0.3, -0.25) is 0 Å². The number of nitrogens with one attached hydrogen (secondary N) is 1. The van der Waals surface area contributed by atoms with E-state index in [9.17, 15) is 0 Å². The fourth-order valence-electron chi connectivity index (χ4n) is 1.54. The first kappa shape index (κ1) is 11.9. The van der Waals surface area contributed by atoms with Gasteiger partial charge in [-0.15, -0.1) is 0 Å². The van der Waals surface area contributed by atoms with Crippen LogP contribution in [0, 0.1) is 0 Å². The van der Waals surface area contributed by atoms with Crippen molar-refractivity contribution in [2.75, 3.05) is 13.6 Å². The summed E-state index contributed by atoms with van der Waals surface area (Å²) in [5, 5.41) is 21.3. The first-order valence-electron chi connectivity index (χ1n) is 4.90. The van der Waals surface area contributed by atoms with Crippen LogP contribution in [-0.2, 0) is 0 Å². The predicted molar refractivity (Wildman–Crippen MR) is 61.0 cm³/mol. The molecule has 0 aromatic carbocycles. The van der Waals surface area contributed by atoms with Gasteiger partial charge < -0.3 is 20.3 Å². The Labute approximate surface area is 90.4 Å². The highest BCUT2D eigenvalue weighted by Gasteiger charge is 2.28. The molecule has 1 fully saturated rings. The number of nitrogens with zero attached hydrogens (tertiary/aromatic N) is 1. The lowest BCUT2D eigenvalue weighted by Gasteiger charge is -2.29. The molecule has 1 aliphatic heterocycles. The molecule has 0 spiro atoms. The van der Waals surface area contributed by atoms with Gasteiger partial charge >= 0.3 is 7.12 Å². The normalized spacial score (nSPS) is 23.3. The Bertz CT molecular complexity index is 210. The van der Waals surface area contributed by atoms with E-state index < -0.39 is 7.12 Å².